The Morgan fingerprint density at radius 3 is 2.32 bits per heavy atom. The van der Waals surface area contributed by atoms with Gasteiger partial charge in [0.1, 0.15) is 5.54 Å². The molecule has 0 bridgehead atoms. The lowest BCUT2D eigenvalue weighted by atomic mass is 10.0. The summed E-state index contributed by atoms with van der Waals surface area (Å²) in [5, 5.41) is 0. The molecule has 0 atom stereocenters. The third-order valence-corrected chi connectivity index (χ3v) is 5.36. The van der Waals surface area contributed by atoms with Crippen molar-refractivity contribution >= 4 is 29.4 Å². The summed E-state index contributed by atoms with van der Waals surface area (Å²) in [5.41, 5.74) is -3.49. The van der Waals surface area contributed by atoms with Gasteiger partial charge in [-0.3, -0.25) is 9.78 Å². The van der Waals surface area contributed by atoms with E-state index in [4.69, 9.17) is 0 Å². The SMILES string of the molecule is Cc1cnccc1CN1C(=O)N(c2ccc(SC(F)(F)F)cc2)C(=O)C1(C)C. The van der Waals surface area contributed by atoms with Crippen LogP contribution in [0.15, 0.2) is 47.6 Å². The van der Waals surface area contributed by atoms with Crippen LogP contribution in [0, 0.1) is 6.92 Å². The monoisotopic (exact) mass is 409 g/mol. The minimum atomic E-state index is -4.40. The first-order valence-electron chi connectivity index (χ1n) is 8.42. The molecule has 1 saturated heterocycles. The first kappa shape index (κ1) is 20.2. The molecule has 0 spiro atoms. The van der Waals surface area contributed by atoms with Gasteiger partial charge in [-0.25, -0.2) is 9.69 Å². The maximum absolute atomic E-state index is 13.0. The molecule has 0 radical (unpaired) electrons. The highest BCUT2D eigenvalue weighted by molar-refractivity contribution is 8.00. The van der Waals surface area contributed by atoms with Crippen molar-refractivity contribution in [2.75, 3.05) is 4.90 Å². The molecular weight excluding hydrogens is 391 g/mol. The van der Waals surface area contributed by atoms with Crippen molar-refractivity contribution in [2.45, 2.75) is 43.3 Å². The first-order valence-corrected chi connectivity index (χ1v) is 9.24. The quantitative estimate of drug-likeness (QED) is 0.540. The van der Waals surface area contributed by atoms with Crippen LogP contribution in [0.5, 0.6) is 0 Å². The molecule has 5 nitrogen and oxygen atoms in total. The number of imide groups is 1. The van der Waals surface area contributed by atoms with Crippen LogP contribution >= 0.6 is 11.8 Å². The Bertz CT molecular complexity index is 913. The Kier molecular flexibility index (Phi) is 5.14. The van der Waals surface area contributed by atoms with Gasteiger partial charge < -0.3 is 4.90 Å². The molecule has 3 amide bonds. The van der Waals surface area contributed by atoms with E-state index in [-0.39, 0.29) is 28.9 Å². The number of hydrogen-bond donors (Lipinski definition) is 0. The van der Waals surface area contributed by atoms with Gasteiger partial charge >= 0.3 is 11.5 Å². The summed E-state index contributed by atoms with van der Waals surface area (Å²) in [6.45, 7) is 5.40. The minimum Gasteiger partial charge on any atom is -0.305 e. The van der Waals surface area contributed by atoms with Crippen LogP contribution in [0.4, 0.5) is 23.7 Å². The van der Waals surface area contributed by atoms with Gasteiger partial charge in [0, 0.05) is 23.8 Å². The summed E-state index contributed by atoms with van der Waals surface area (Å²) in [4.78, 5) is 32.4. The fraction of sp³-hybridized carbons (Fsp3) is 0.316. The van der Waals surface area contributed by atoms with Crippen LogP contribution in [0.2, 0.25) is 0 Å². The predicted octanol–water partition coefficient (Wildman–Crippen LogP) is 4.75. The number of hydrogen-bond acceptors (Lipinski definition) is 4. The third-order valence-electron chi connectivity index (χ3n) is 4.62. The molecule has 0 saturated carbocycles. The highest BCUT2D eigenvalue weighted by Crippen LogP contribution is 2.38. The summed E-state index contributed by atoms with van der Waals surface area (Å²) < 4.78 is 37.5. The van der Waals surface area contributed by atoms with E-state index in [2.05, 4.69) is 4.98 Å². The molecule has 2 heterocycles. The number of aromatic nitrogens is 1. The summed E-state index contributed by atoms with van der Waals surface area (Å²) in [6, 6.07) is 6.47. The van der Waals surface area contributed by atoms with E-state index >= 15 is 0 Å². The van der Waals surface area contributed by atoms with Crippen LogP contribution in [-0.2, 0) is 11.3 Å². The predicted molar refractivity (Wildman–Crippen MR) is 99.8 cm³/mol. The Morgan fingerprint density at radius 2 is 1.75 bits per heavy atom. The normalized spacial score (nSPS) is 16.8. The number of pyridine rings is 1. The molecule has 0 unspecified atom stereocenters. The second-order valence-electron chi connectivity index (χ2n) is 6.91. The maximum Gasteiger partial charge on any atom is 0.446 e. The number of rotatable bonds is 4. The van der Waals surface area contributed by atoms with Gasteiger partial charge in [0.2, 0.25) is 0 Å². The fourth-order valence-corrected chi connectivity index (χ4v) is 3.51. The van der Waals surface area contributed by atoms with Crippen molar-refractivity contribution in [2.24, 2.45) is 0 Å². The summed E-state index contributed by atoms with van der Waals surface area (Å²) in [6.07, 6.45) is 3.30. The minimum absolute atomic E-state index is 0.0149. The van der Waals surface area contributed by atoms with Gasteiger partial charge in [0.25, 0.3) is 5.91 Å². The number of anilines is 1. The van der Waals surface area contributed by atoms with Gasteiger partial charge in [-0.2, -0.15) is 13.2 Å². The Hall–Kier alpha value is -2.55. The van der Waals surface area contributed by atoms with E-state index in [0.29, 0.717) is 0 Å². The second kappa shape index (κ2) is 7.12. The summed E-state index contributed by atoms with van der Waals surface area (Å²) >= 11 is -0.247. The number of amides is 3. The average molecular weight is 409 g/mol. The van der Waals surface area contributed by atoms with Gasteiger partial charge in [-0.1, -0.05) is 0 Å². The van der Waals surface area contributed by atoms with E-state index in [9.17, 15) is 22.8 Å². The van der Waals surface area contributed by atoms with Crippen LogP contribution < -0.4 is 4.90 Å². The van der Waals surface area contributed by atoms with Crippen molar-refractivity contribution in [3.8, 4) is 0 Å². The molecule has 1 aliphatic heterocycles. The molecule has 1 aromatic carbocycles. The van der Waals surface area contributed by atoms with Crippen LogP contribution in [0.25, 0.3) is 0 Å². The lowest BCUT2D eigenvalue weighted by Gasteiger charge is -2.28. The lowest BCUT2D eigenvalue weighted by Crippen LogP contribution is -2.43. The number of alkyl halides is 3. The van der Waals surface area contributed by atoms with E-state index in [1.165, 1.54) is 29.2 Å². The Labute approximate surface area is 164 Å². The highest BCUT2D eigenvalue weighted by atomic mass is 32.2. The van der Waals surface area contributed by atoms with Gasteiger partial charge in [0.05, 0.1) is 5.69 Å². The zero-order valence-electron chi connectivity index (χ0n) is 15.4. The van der Waals surface area contributed by atoms with Gasteiger partial charge in [0.15, 0.2) is 0 Å². The van der Waals surface area contributed by atoms with Crippen molar-refractivity contribution in [1.82, 2.24) is 9.88 Å². The second-order valence-corrected chi connectivity index (χ2v) is 8.05. The number of urea groups is 1. The van der Waals surface area contributed by atoms with Gasteiger partial charge in [-0.15, -0.1) is 0 Å². The summed E-state index contributed by atoms with van der Waals surface area (Å²) in [7, 11) is 0. The highest BCUT2D eigenvalue weighted by Gasteiger charge is 2.51. The number of thioether (sulfide) groups is 1. The van der Waals surface area contributed by atoms with E-state index < -0.39 is 23.0 Å². The van der Waals surface area contributed by atoms with Crippen molar-refractivity contribution in [3.63, 3.8) is 0 Å². The molecule has 3 rings (SSSR count). The zero-order valence-corrected chi connectivity index (χ0v) is 16.3. The Morgan fingerprint density at radius 1 is 1.11 bits per heavy atom. The number of carbonyl (C=O) groups excluding carboxylic acids is 2. The topological polar surface area (TPSA) is 53.5 Å². The molecule has 2 aromatic rings. The molecule has 148 valence electrons. The third kappa shape index (κ3) is 3.84. The van der Waals surface area contributed by atoms with Crippen molar-refractivity contribution in [1.29, 1.82) is 0 Å². The summed E-state index contributed by atoms with van der Waals surface area (Å²) in [5.74, 6) is -0.430. The molecule has 28 heavy (non-hydrogen) atoms. The number of carbonyl (C=O) groups is 2. The first-order chi connectivity index (χ1) is 13.0. The lowest BCUT2D eigenvalue weighted by molar-refractivity contribution is -0.123. The van der Waals surface area contributed by atoms with Gasteiger partial charge in [-0.05, 0) is 74.0 Å². The average Bonchev–Trinajstić information content (AvgIpc) is 2.76. The molecule has 1 aliphatic rings. The molecular formula is C19H18F3N3O2S. The van der Waals surface area contributed by atoms with E-state index in [1.807, 2.05) is 6.92 Å². The molecule has 0 N–H and O–H groups in total. The van der Waals surface area contributed by atoms with E-state index in [0.717, 1.165) is 16.0 Å². The van der Waals surface area contributed by atoms with Crippen LogP contribution in [0.3, 0.4) is 0 Å². The van der Waals surface area contributed by atoms with Crippen LogP contribution in [-0.4, -0.2) is 32.9 Å². The van der Waals surface area contributed by atoms with Crippen molar-refractivity contribution < 1.29 is 22.8 Å². The molecule has 9 heteroatoms. The number of halogens is 3. The van der Waals surface area contributed by atoms with Crippen LogP contribution in [0.1, 0.15) is 25.0 Å². The fourth-order valence-electron chi connectivity index (χ4n) is 2.98. The number of aryl methyl sites for hydroxylation is 1. The number of benzene rings is 1. The molecule has 1 fully saturated rings. The largest absolute Gasteiger partial charge is 0.446 e. The standard InChI is InChI=1S/C19H18F3N3O2S/c1-12-10-23-9-8-13(12)11-24-17(27)25(16(26)18(24,2)3)14-4-6-15(7-5-14)28-19(20,21)22/h4-10H,11H2,1-3H3. The Balaban J connectivity index is 1.88. The smallest absolute Gasteiger partial charge is 0.305 e. The molecule has 0 aliphatic carbocycles. The zero-order chi connectivity index (χ0) is 20.7. The number of nitrogens with zero attached hydrogens (tertiary/aromatic N) is 3. The van der Waals surface area contributed by atoms with Crippen molar-refractivity contribution in [3.05, 3.63) is 53.9 Å². The molecule has 1 aromatic heterocycles. The maximum atomic E-state index is 13.0. The van der Waals surface area contributed by atoms with E-state index in [1.54, 1.807) is 32.3 Å².